The van der Waals surface area contributed by atoms with Crippen molar-refractivity contribution in [1.82, 2.24) is 4.98 Å². The normalized spacial score (nSPS) is 10.6. The second-order valence-electron chi connectivity index (χ2n) is 3.06. The maximum absolute atomic E-state index is 10.4. The zero-order chi connectivity index (χ0) is 10.1. The number of nitrogens with one attached hydrogen (secondary N) is 1. The number of carboxylic acid groups (broad SMARTS) is 1. The van der Waals surface area contributed by atoms with Crippen LogP contribution in [0.4, 0.5) is 0 Å². The van der Waals surface area contributed by atoms with E-state index in [1.165, 1.54) is 6.07 Å². The number of hydrogen-bond acceptors (Lipinski definition) is 3. The van der Waals surface area contributed by atoms with Crippen LogP contribution in [0.1, 0.15) is 5.56 Å². The molecule has 0 amide bonds. The molecule has 72 valence electrons. The van der Waals surface area contributed by atoms with Crippen LogP contribution in [0.25, 0.3) is 10.9 Å². The lowest BCUT2D eigenvalue weighted by atomic mass is 10.1. The molecule has 0 bridgehead atoms. The zero-order valence-electron chi connectivity index (χ0n) is 7.28. The molecule has 0 atom stereocenters. The number of benzene rings is 1. The van der Waals surface area contributed by atoms with Gasteiger partial charge in [0.15, 0.2) is 0 Å². The van der Waals surface area contributed by atoms with Crippen LogP contribution in [0.15, 0.2) is 24.4 Å². The van der Waals surface area contributed by atoms with Crippen molar-refractivity contribution in [2.45, 2.75) is 6.42 Å². The maximum Gasteiger partial charge on any atom is 0.125 e. The van der Waals surface area contributed by atoms with Gasteiger partial charge in [0.25, 0.3) is 0 Å². The Balaban J connectivity index is 2.61. The Labute approximate surface area is 79.8 Å². The Bertz CT molecular complexity index is 487. The minimum atomic E-state index is -1.16. The number of carbonyl (C=O) groups excluding carboxylic acids is 1. The summed E-state index contributed by atoms with van der Waals surface area (Å²) in [6.45, 7) is 0. The van der Waals surface area contributed by atoms with Gasteiger partial charge in [0.2, 0.25) is 0 Å². The monoisotopic (exact) mass is 190 g/mol. The fourth-order valence-corrected chi connectivity index (χ4v) is 1.53. The number of H-pyrrole nitrogens is 1. The summed E-state index contributed by atoms with van der Waals surface area (Å²) in [5, 5.41) is 20.5. The number of aromatic amines is 1. The molecule has 0 saturated carbocycles. The van der Waals surface area contributed by atoms with Crippen molar-refractivity contribution in [2.24, 2.45) is 0 Å². The van der Waals surface area contributed by atoms with E-state index < -0.39 is 5.97 Å². The summed E-state index contributed by atoms with van der Waals surface area (Å²) >= 11 is 0. The number of aromatic nitrogens is 1. The summed E-state index contributed by atoms with van der Waals surface area (Å²) in [6.07, 6.45) is 1.37. The topological polar surface area (TPSA) is 76.1 Å². The van der Waals surface area contributed by atoms with Gasteiger partial charge in [-0.15, -0.1) is 0 Å². The summed E-state index contributed by atoms with van der Waals surface area (Å²) in [5.41, 5.74) is 1.26. The molecule has 0 aliphatic carbocycles. The lowest BCUT2D eigenvalue weighted by molar-refractivity contribution is -0.304. The van der Waals surface area contributed by atoms with Gasteiger partial charge in [-0.25, -0.2) is 0 Å². The number of aromatic hydroxyl groups is 1. The minimum Gasteiger partial charge on any atom is -0.550 e. The third kappa shape index (κ3) is 1.31. The average molecular weight is 190 g/mol. The number of phenolic OH excluding ortho intramolecular Hbond substituents is 1. The fourth-order valence-electron chi connectivity index (χ4n) is 1.53. The highest BCUT2D eigenvalue weighted by Crippen LogP contribution is 2.27. The second-order valence-corrected chi connectivity index (χ2v) is 3.06. The highest BCUT2D eigenvalue weighted by molar-refractivity contribution is 5.91. The molecule has 0 unspecified atom stereocenters. The van der Waals surface area contributed by atoms with E-state index in [0.29, 0.717) is 10.9 Å². The summed E-state index contributed by atoms with van der Waals surface area (Å²) in [7, 11) is 0. The Hall–Kier alpha value is -1.97. The van der Waals surface area contributed by atoms with Gasteiger partial charge in [-0.05, 0) is 17.7 Å². The third-order valence-electron chi connectivity index (χ3n) is 2.10. The van der Waals surface area contributed by atoms with E-state index in [4.69, 9.17) is 0 Å². The van der Waals surface area contributed by atoms with Gasteiger partial charge in [0, 0.05) is 29.5 Å². The first kappa shape index (κ1) is 8.62. The minimum absolute atomic E-state index is 0.0833. The maximum atomic E-state index is 10.4. The molecule has 2 aromatic rings. The zero-order valence-corrected chi connectivity index (χ0v) is 7.28. The van der Waals surface area contributed by atoms with E-state index in [2.05, 4.69) is 4.98 Å². The number of phenols is 1. The molecule has 1 aromatic heterocycles. The fraction of sp³-hybridized carbons (Fsp3) is 0.100. The molecule has 0 aliphatic rings. The first-order valence-electron chi connectivity index (χ1n) is 4.16. The average Bonchev–Trinajstić information content (AvgIpc) is 2.49. The Kier molecular flexibility index (Phi) is 1.89. The van der Waals surface area contributed by atoms with Crippen LogP contribution in [-0.4, -0.2) is 16.1 Å². The van der Waals surface area contributed by atoms with Gasteiger partial charge < -0.3 is 20.0 Å². The van der Waals surface area contributed by atoms with E-state index in [1.54, 1.807) is 18.3 Å². The highest BCUT2D eigenvalue weighted by atomic mass is 16.4. The number of aliphatic carboxylic acids is 1. The molecule has 0 aliphatic heterocycles. The van der Waals surface area contributed by atoms with Crippen LogP contribution >= 0.6 is 0 Å². The van der Waals surface area contributed by atoms with Gasteiger partial charge in [-0.2, -0.15) is 0 Å². The van der Waals surface area contributed by atoms with Gasteiger partial charge in [-0.3, -0.25) is 0 Å². The molecule has 4 heteroatoms. The second kappa shape index (κ2) is 3.06. The first-order valence-corrected chi connectivity index (χ1v) is 4.16. The summed E-state index contributed by atoms with van der Waals surface area (Å²) in [4.78, 5) is 13.3. The molecular weight excluding hydrogens is 182 g/mol. The number of rotatable bonds is 2. The molecule has 0 radical (unpaired) electrons. The van der Waals surface area contributed by atoms with Crippen LogP contribution in [0, 0.1) is 0 Å². The summed E-state index contributed by atoms with van der Waals surface area (Å²) in [5.74, 6) is -1.07. The lowest BCUT2D eigenvalue weighted by Gasteiger charge is -2.01. The van der Waals surface area contributed by atoms with Crippen molar-refractivity contribution < 1.29 is 15.0 Å². The van der Waals surface area contributed by atoms with Crippen LogP contribution in [0.3, 0.4) is 0 Å². The van der Waals surface area contributed by atoms with Crippen LogP contribution in [-0.2, 0) is 11.2 Å². The van der Waals surface area contributed by atoms with Gasteiger partial charge in [-0.1, -0.05) is 6.07 Å². The van der Waals surface area contributed by atoms with Crippen molar-refractivity contribution in [3.63, 3.8) is 0 Å². The number of fused-ring (bicyclic) bond motifs is 1. The first-order chi connectivity index (χ1) is 6.68. The molecular formula is C10H8NO3-. The van der Waals surface area contributed by atoms with Gasteiger partial charge in [0.05, 0.1) is 0 Å². The van der Waals surface area contributed by atoms with Crippen LogP contribution < -0.4 is 5.11 Å². The smallest absolute Gasteiger partial charge is 0.125 e. The van der Waals surface area contributed by atoms with E-state index >= 15 is 0 Å². The molecule has 1 heterocycles. The number of carbonyl (C=O) groups is 1. The van der Waals surface area contributed by atoms with Crippen LogP contribution in [0.5, 0.6) is 5.75 Å². The van der Waals surface area contributed by atoms with E-state index in [-0.39, 0.29) is 12.2 Å². The number of hydrogen-bond donors (Lipinski definition) is 2. The van der Waals surface area contributed by atoms with Crippen molar-refractivity contribution in [3.8, 4) is 5.75 Å². The molecule has 14 heavy (non-hydrogen) atoms. The van der Waals surface area contributed by atoms with Gasteiger partial charge in [0.1, 0.15) is 5.75 Å². The molecule has 2 N–H and O–H groups in total. The largest absolute Gasteiger partial charge is 0.550 e. The SMILES string of the molecule is O=C([O-])Cc1c[nH]c2cccc(O)c12. The molecule has 0 spiro atoms. The lowest BCUT2D eigenvalue weighted by Crippen LogP contribution is -2.24. The molecule has 2 rings (SSSR count). The Morgan fingerprint density at radius 3 is 3.00 bits per heavy atom. The summed E-state index contributed by atoms with van der Waals surface area (Å²) in [6, 6.07) is 4.99. The van der Waals surface area contributed by atoms with Crippen molar-refractivity contribution in [1.29, 1.82) is 0 Å². The molecule has 0 saturated heterocycles. The molecule has 1 aromatic carbocycles. The number of carboxylic acids is 1. The van der Waals surface area contributed by atoms with E-state index in [0.717, 1.165) is 5.52 Å². The standard InChI is InChI=1S/C10H9NO3/c12-8-3-1-2-7-10(8)6(5-11-7)4-9(13)14/h1-3,5,11-12H,4H2,(H,13,14)/p-1. The predicted molar refractivity (Wildman–Crippen MR) is 48.7 cm³/mol. The van der Waals surface area contributed by atoms with E-state index in [1.807, 2.05) is 0 Å². The summed E-state index contributed by atoms with van der Waals surface area (Å²) < 4.78 is 0. The van der Waals surface area contributed by atoms with Crippen molar-refractivity contribution >= 4 is 16.9 Å². The predicted octanol–water partition coefficient (Wildman–Crippen LogP) is 0.166. The molecule has 0 fully saturated rings. The Morgan fingerprint density at radius 2 is 2.29 bits per heavy atom. The van der Waals surface area contributed by atoms with Crippen molar-refractivity contribution in [2.75, 3.05) is 0 Å². The van der Waals surface area contributed by atoms with Gasteiger partial charge >= 0.3 is 0 Å². The Morgan fingerprint density at radius 1 is 1.50 bits per heavy atom. The molecule has 4 nitrogen and oxygen atoms in total. The highest BCUT2D eigenvalue weighted by Gasteiger charge is 2.07. The van der Waals surface area contributed by atoms with Crippen LogP contribution in [0.2, 0.25) is 0 Å². The quantitative estimate of drug-likeness (QED) is 0.708. The van der Waals surface area contributed by atoms with E-state index in [9.17, 15) is 15.0 Å². The van der Waals surface area contributed by atoms with Crippen molar-refractivity contribution in [3.05, 3.63) is 30.0 Å². The third-order valence-corrected chi connectivity index (χ3v) is 2.10.